The number of rotatable bonds is 6. The monoisotopic (exact) mass is 269 g/mol. The van der Waals surface area contributed by atoms with E-state index >= 15 is 0 Å². The van der Waals surface area contributed by atoms with Gasteiger partial charge in [-0.05, 0) is 43.0 Å². The highest BCUT2D eigenvalue weighted by Gasteiger charge is 2.00. The van der Waals surface area contributed by atoms with Crippen LogP contribution in [0.1, 0.15) is 24.5 Å². The summed E-state index contributed by atoms with van der Waals surface area (Å²) in [4.78, 5) is 0. The van der Waals surface area contributed by atoms with E-state index in [0.29, 0.717) is 6.61 Å². The summed E-state index contributed by atoms with van der Waals surface area (Å²) in [6.45, 7) is 2.39. The molecule has 0 bridgehead atoms. The average Bonchev–Trinajstić information content (AvgIpc) is 2.52. The van der Waals surface area contributed by atoms with Gasteiger partial charge in [0.1, 0.15) is 12.4 Å². The Balaban J connectivity index is 1.92. The first-order valence-electron chi connectivity index (χ1n) is 6.71. The summed E-state index contributed by atoms with van der Waals surface area (Å²) >= 11 is 0. The van der Waals surface area contributed by atoms with E-state index in [9.17, 15) is 0 Å². The molecule has 0 amide bonds. The molecule has 2 aromatic rings. The molecule has 0 aliphatic rings. The Labute approximate surface area is 119 Å². The van der Waals surface area contributed by atoms with Crippen LogP contribution in [0.3, 0.4) is 0 Å². The zero-order valence-corrected chi connectivity index (χ0v) is 11.6. The molecule has 0 saturated carbocycles. The van der Waals surface area contributed by atoms with Gasteiger partial charge in [0.05, 0.1) is 5.71 Å². The molecule has 0 heterocycles. The predicted octanol–water partition coefficient (Wildman–Crippen LogP) is 4.05. The molecule has 0 radical (unpaired) electrons. The van der Waals surface area contributed by atoms with E-state index in [2.05, 4.69) is 11.2 Å². The van der Waals surface area contributed by atoms with Crippen molar-refractivity contribution in [3.63, 3.8) is 0 Å². The van der Waals surface area contributed by atoms with Gasteiger partial charge in [-0.15, -0.1) is 0 Å². The summed E-state index contributed by atoms with van der Waals surface area (Å²) in [6, 6.07) is 18.1. The SMILES string of the molecule is C/C(CCc1cccc(OCc2ccccc2)c1)=N\O. The molecule has 2 aromatic carbocycles. The largest absolute Gasteiger partial charge is 0.489 e. The van der Waals surface area contributed by atoms with E-state index in [1.807, 2.05) is 55.5 Å². The van der Waals surface area contributed by atoms with Crippen LogP contribution in [0, 0.1) is 0 Å². The second-order valence-corrected chi connectivity index (χ2v) is 4.76. The van der Waals surface area contributed by atoms with Gasteiger partial charge in [0.2, 0.25) is 0 Å². The lowest BCUT2D eigenvalue weighted by molar-refractivity contribution is 0.306. The number of aryl methyl sites for hydroxylation is 1. The highest BCUT2D eigenvalue weighted by molar-refractivity contribution is 5.81. The molecule has 0 spiro atoms. The second kappa shape index (κ2) is 7.34. The molecule has 104 valence electrons. The molecule has 0 saturated heterocycles. The van der Waals surface area contributed by atoms with Gasteiger partial charge < -0.3 is 9.94 Å². The van der Waals surface area contributed by atoms with Gasteiger partial charge in [0.25, 0.3) is 0 Å². The molecular formula is C17H19NO2. The Kier molecular flexibility index (Phi) is 5.18. The molecule has 1 N–H and O–H groups in total. The standard InChI is InChI=1S/C17H19NO2/c1-14(18-19)10-11-15-8-5-9-17(12-15)20-13-16-6-3-2-4-7-16/h2-9,12,19H,10-11,13H2,1H3/b18-14+. The first kappa shape index (κ1) is 14.1. The molecule has 0 aromatic heterocycles. The van der Waals surface area contributed by atoms with Crippen molar-refractivity contribution < 1.29 is 9.94 Å². The topological polar surface area (TPSA) is 41.8 Å². The van der Waals surface area contributed by atoms with E-state index in [0.717, 1.165) is 29.9 Å². The van der Waals surface area contributed by atoms with E-state index in [1.165, 1.54) is 5.56 Å². The molecule has 3 heteroatoms. The lowest BCUT2D eigenvalue weighted by Crippen LogP contribution is -1.97. The van der Waals surface area contributed by atoms with Gasteiger partial charge in [-0.3, -0.25) is 0 Å². The van der Waals surface area contributed by atoms with Crippen molar-refractivity contribution in [1.82, 2.24) is 0 Å². The predicted molar refractivity (Wildman–Crippen MR) is 80.4 cm³/mol. The smallest absolute Gasteiger partial charge is 0.120 e. The van der Waals surface area contributed by atoms with Crippen LogP contribution in [-0.4, -0.2) is 10.9 Å². The van der Waals surface area contributed by atoms with Crippen LogP contribution in [-0.2, 0) is 13.0 Å². The Bertz CT molecular complexity index is 564. The molecule has 0 aliphatic carbocycles. The maximum absolute atomic E-state index is 8.64. The maximum atomic E-state index is 8.64. The van der Waals surface area contributed by atoms with Crippen molar-refractivity contribution in [3.8, 4) is 5.75 Å². The second-order valence-electron chi connectivity index (χ2n) is 4.76. The molecular weight excluding hydrogens is 250 g/mol. The third-order valence-electron chi connectivity index (χ3n) is 3.09. The Morgan fingerprint density at radius 3 is 2.55 bits per heavy atom. The molecule has 0 aliphatic heterocycles. The average molecular weight is 269 g/mol. The number of nitrogens with zero attached hydrogens (tertiary/aromatic N) is 1. The molecule has 2 rings (SSSR count). The van der Waals surface area contributed by atoms with Crippen molar-refractivity contribution in [2.45, 2.75) is 26.4 Å². The zero-order chi connectivity index (χ0) is 14.2. The van der Waals surface area contributed by atoms with E-state index in [4.69, 9.17) is 9.94 Å². The van der Waals surface area contributed by atoms with Gasteiger partial charge in [-0.2, -0.15) is 0 Å². The van der Waals surface area contributed by atoms with Crippen LogP contribution in [0.15, 0.2) is 59.8 Å². The third kappa shape index (κ3) is 4.43. The molecule has 3 nitrogen and oxygen atoms in total. The first-order valence-corrected chi connectivity index (χ1v) is 6.71. The van der Waals surface area contributed by atoms with Gasteiger partial charge in [0, 0.05) is 0 Å². The summed E-state index contributed by atoms with van der Waals surface area (Å²) in [6.07, 6.45) is 1.59. The highest BCUT2D eigenvalue weighted by Crippen LogP contribution is 2.16. The molecule has 0 unspecified atom stereocenters. The number of ether oxygens (including phenoxy) is 1. The lowest BCUT2D eigenvalue weighted by atomic mass is 10.1. The quantitative estimate of drug-likeness (QED) is 0.488. The maximum Gasteiger partial charge on any atom is 0.120 e. The fourth-order valence-corrected chi connectivity index (χ4v) is 1.91. The van der Waals surface area contributed by atoms with Crippen LogP contribution < -0.4 is 4.74 Å². The summed E-state index contributed by atoms with van der Waals surface area (Å²) < 4.78 is 5.79. The summed E-state index contributed by atoms with van der Waals surface area (Å²) in [5.74, 6) is 0.866. The number of benzene rings is 2. The molecule has 0 fully saturated rings. The van der Waals surface area contributed by atoms with E-state index < -0.39 is 0 Å². The number of oxime groups is 1. The zero-order valence-electron chi connectivity index (χ0n) is 11.6. The van der Waals surface area contributed by atoms with Crippen molar-refractivity contribution in [1.29, 1.82) is 0 Å². The summed E-state index contributed by atoms with van der Waals surface area (Å²) in [5, 5.41) is 11.8. The Hall–Kier alpha value is -2.29. The van der Waals surface area contributed by atoms with Gasteiger partial charge in [0.15, 0.2) is 0 Å². The van der Waals surface area contributed by atoms with Gasteiger partial charge >= 0.3 is 0 Å². The first-order chi connectivity index (χ1) is 9.78. The van der Waals surface area contributed by atoms with E-state index in [-0.39, 0.29) is 0 Å². The third-order valence-corrected chi connectivity index (χ3v) is 3.09. The number of hydrogen-bond donors (Lipinski definition) is 1. The van der Waals surface area contributed by atoms with E-state index in [1.54, 1.807) is 0 Å². The Morgan fingerprint density at radius 2 is 1.80 bits per heavy atom. The summed E-state index contributed by atoms with van der Waals surface area (Å²) in [5.41, 5.74) is 3.07. The molecule has 0 atom stereocenters. The Morgan fingerprint density at radius 1 is 1.05 bits per heavy atom. The minimum atomic E-state index is 0.571. The van der Waals surface area contributed by atoms with Crippen LogP contribution in [0.25, 0.3) is 0 Å². The van der Waals surface area contributed by atoms with Crippen LogP contribution >= 0.6 is 0 Å². The van der Waals surface area contributed by atoms with Crippen molar-refractivity contribution >= 4 is 5.71 Å². The summed E-state index contributed by atoms with van der Waals surface area (Å²) in [7, 11) is 0. The van der Waals surface area contributed by atoms with Crippen LogP contribution in [0.2, 0.25) is 0 Å². The van der Waals surface area contributed by atoms with Crippen LogP contribution in [0.4, 0.5) is 0 Å². The van der Waals surface area contributed by atoms with Crippen molar-refractivity contribution in [3.05, 3.63) is 65.7 Å². The van der Waals surface area contributed by atoms with Crippen LogP contribution in [0.5, 0.6) is 5.75 Å². The normalized spacial score (nSPS) is 11.3. The minimum Gasteiger partial charge on any atom is -0.489 e. The highest BCUT2D eigenvalue weighted by atomic mass is 16.5. The van der Waals surface area contributed by atoms with Gasteiger partial charge in [-0.25, -0.2) is 0 Å². The lowest BCUT2D eigenvalue weighted by Gasteiger charge is -2.08. The molecule has 20 heavy (non-hydrogen) atoms. The fraction of sp³-hybridized carbons (Fsp3) is 0.235. The van der Waals surface area contributed by atoms with Gasteiger partial charge in [-0.1, -0.05) is 47.6 Å². The fourth-order valence-electron chi connectivity index (χ4n) is 1.91. The minimum absolute atomic E-state index is 0.571. The van der Waals surface area contributed by atoms with Crippen molar-refractivity contribution in [2.24, 2.45) is 5.16 Å². The van der Waals surface area contributed by atoms with Crippen molar-refractivity contribution in [2.75, 3.05) is 0 Å². The number of hydrogen-bond acceptors (Lipinski definition) is 3.